The van der Waals surface area contributed by atoms with Crippen LogP contribution in [0.15, 0.2) is 72.8 Å². The first-order valence-electron chi connectivity index (χ1n) is 11.0. The molecule has 1 heterocycles. The summed E-state index contributed by atoms with van der Waals surface area (Å²) in [4.78, 5) is 14.9. The molecule has 1 fully saturated rings. The number of para-hydroxylation sites is 1. The van der Waals surface area contributed by atoms with Crippen LogP contribution in [0.5, 0.6) is 11.5 Å². The average Bonchev–Trinajstić information content (AvgIpc) is 2.84. The van der Waals surface area contributed by atoms with E-state index >= 15 is 0 Å². The van der Waals surface area contributed by atoms with Gasteiger partial charge in [-0.1, -0.05) is 36.4 Å². The Balaban J connectivity index is 1.15. The molecular weight excluding hydrogens is 384 g/mol. The average molecular weight is 413 g/mol. The standard InChI is InChI=1S/C27H28N2O2/c30-27(24-12-14-26(15-13-24)31-25-10-5-2-6-11-25)28-18-7-19-29-20-16-23(17-21-29)22-8-3-1-4-9-22/h1-3,5-6,8,10-15,23H,7,16-21H2,(H,28,30). The van der Waals surface area contributed by atoms with E-state index in [1.54, 1.807) is 12.1 Å². The van der Waals surface area contributed by atoms with E-state index in [1.807, 2.05) is 54.6 Å². The van der Waals surface area contributed by atoms with Crippen molar-refractivity contribution in [1.29, 1.82) is 0 Å². The number of hydrogen-bond acceptors (Lipinski definition) is 3. The van der Waals surface area contributed by atoms with Gasteiger partial charge in [-0.15, -0.1) is 0 Å². The van der Waals surface area contributed by atoms with Gasteiger partial charge in [0.25, 0.3) is 5.91 Å². The van der Waals surface area contributed by atoms with Gasteiger partial charge in [-0.2, -0.15) is 0 Å². The number of rotatable bonds is 8. The number of benzene rings is 2. The molecule has 0 atom stereocenters. The molecule has 4 rings (SSSR count). The topological polar surface area (TPSA) is 41.6 Å². The molecule has 3 aromatic carbocycles. The minimum absolute atomic E-state index is 0.0409. The largest absolute Gasteiger partial charge is 0.457 e. The van der Waals surface area contributed by atoms with Crippen molar-refractivity contribution < 1.29 is 9.53 Å². The number of likely N-dealkylation sites (tertiary alicyclic amines) is 1. The van der Waals surface area contributed by atoms with Gasteiger partial charge in [0.05, 0.1) is 0 Å². The lowest BCUT2D eigenvalue weighted by Crippen LogP contribution is -2.35. The van der Waals surface area contributed by atoms with Crippen molar-refractivity contribution in [2.75, 3.05) is 26.2 Å². The maximum atomic E-state index is 12.4. The molecule has 1 amide bonds. The van der Waals surface area contributed by atoms with E-state index in [0.29, 0.717) is 18.0 Å². The Kier molecular flexibility index (Phi) is 7.20. The number of hydrogen-bond donors (Lipinski definition) is 1. The van der Waals surface area contributed by atoms with Crippen LogP contribution in [0.3, 0.4) is 0 Å². The Hall–Kier alpha value is -3.29. The van der Waals surface area contributed by atoms with Crippen molar-refractivity contribution in [3.05, 3.63) is 96.1 Å². The summed E-state index contributed by atoms with van der Waals surface area (Å²) >= 11 is 0. The lowest BCUT2D eigenvalue weighted by Gasteiger charge is -2.31. The fourth-order valence-electron chi connectivity index (χ4n) is 3.98. The molecule has 4 nitrogen and oxygen atoms in total. The minimum atomic E-state index is -0.0409. The van der Waals surface area contributed by atoms with Crippen molar-refractivity contribution in [2.45, 2.75) is 25.2 Å². The van der Waals surface area contributed by atoms with E-state index < -0.39 is 0 Å². The van der Waals surface area contributed by atoms with E-state index in [-0.39, 0.29) is 5.91 Å². The zero-order valence-electron chi connectivity index (χ0n) is 17.7. The van der Waals surface area contributed by atoms with Gasteiger partial charge in [0, 0.05) is 17.7 Å². The van der Waals surface area contributed by atoms with Crippen LogP contribution in [0.25, 0.3) is 0 Å². The summed E-state index contributed by atoms with van der Waals surface area (Å²) in [6.45, 7) is 3.90. The maximum absolute atomic E-state index is 12.4. The summed E-state index contributed by atoms with van der Waals surface area (Å²) in [5.41, 5.74) is 1.94. The number of piperidine rings is 1. The summed E-state index contributed by atoms with van der Waals surface area (Å²) in [5, 5.41) is 3.03. The van der Waals surface area contributed by atoms with Crippen LogP contribution < -0.4 is 10.1 Å². The fourth-order valence-corrected chi connectivity index (χ4v) is 3.98. The molecule has 3 aromatic rings. The zero-order chi connectivity index (χ0) is 21.3. The second-order valence-corrected chi connectivity index (χ2v) is 7.92. The van der Waals surface area contributed by atoms with Gasteiger partial charge in [-0.25, -0.2) is 0 Å². The van der Waals surface area contributed by atoms with Gasteiger partial charge < -0.3 is 15.0 Å². The smallest absolute Gasteiger partial charge is 0.251 e. The molecule has 0 aromatic heterocycles. The molecule has 0 radical (unpaired) electrons. The number of nitrogens with one attached hydrogen (secondary N) is 1. The first kappa shape index (κ1) is 21.0. The first-order valence-corrected chi connectivity index (χ1v) is 11.0. The van der Waals surface area contributed by atoms with Crippen LogP contribution in [0.2, 0.25) is 0 Å². The minimum Gasteiger partial charge on any atom is -0.457 e. The van der Waals surface area contributed by atoms with Gasteiger partial charge in [0.1, 0.15) is 11.5 Å². The Morgan fingerprint density at radius 3 is 2.42 bits per heavy atom. The van der Waals surface area contributed by atoms with E-state index in [1.165, 1.54) is 5.56 Å². The van der Waals surface area contributed by atoms with Crippen LogP contribution in [0.4, 0.5) is 0 Å². The van der Waals surface area contributed by atoms with Crippen LogP contribution in [0, 0.1) is 12.1 Å². The third-order valence-electron chi connectivity index (χ3n) is 5.73. The normalized spacial score (nSPS) is 14.6. The summed E-state index contributed by atoms with van der Waals surface area (Å²) in [5.74, 6) is 2.06. The van der Waals surface area contributed by atoms with Gasteiger partial charge in [-0.3, -0.25) is 4.79 Å². The molecule has 0 saturated carbocycles. The number of nitrogens with zero attached hydrogens (tertiary/aromatic N) is 1. The Morgan fingerprint density at radius 1 is 0.968 bits per heavy atom. The lowest BCUT2D eigenvalue weighted by atomic mass is 9.90. The number of carbonyl (C=O) groups excluding carboxylic acids is 1. The zero-order valence-corrected chi connectivity index (χ0v) is 17.7. The summed E-state index contributed by atoms with van der Waals surface area (Å²) < 4.78 is 5.77. The fraction of sp³-hybridized carbons (Fsp3) is 0.296. The predicted octanol–water partition coefficient (Wildman–Crippen LogP) is 5.08. The summed E-state index contributed by atoms with van der Waals surface area (Å²) in [7, 11) is 0. The molecule has 158 valence electrons. The molecule has 0 unspecified atom stereocenters. The predicted molar refractivity (Wildman–Crippen MR) is 122 cm³/mol. The van der Waals surface area contributed by atoms with Crippen LogP contribution in [-0.4, -0.2) is 37.0 Å². The third kappa shape index (κ3) is 6.10. The number of carbonyl (C=O) groups is 1. The van der Waals surface area contributed by atoms with E-state index in [2.05, 4.69) is 28.4 Å². The first-order chi connectivity index (χ1) is 15.3. The second-order valence-electron chi connectivity index (χ2n) is 7.92. The van der Waals surface area contributed by atoms with Crippen molar-refractivity contribution >= 4 is 5.91 Å². The van der Waals surface area contributed by atoms with Gasteiger partial charge in [-0.05, 0) is 93.3 Å². The molecule has 4 heteroatoms. The molecule has 0 bridgehead atoms. The Morgan fingerprint density at radius 2 is 1.71 bits per heavy atom. The van der Waals surface area contributed by atoms with Crippen molar-refractivity contribution in [1.82, 2.24) is 10.2 Å². The van der Waals surface area contributed by atoms with E-state index in [9.17, 15) is 4.79 Å². The second kappa shape index (κ2) is 10.7. The molecular formula is C27H28N2O2. The highest BCUT2D eigenvalue weighted by molar-refractivity contribution is 5.94. The Labute approximate surface area is 184 Å². The van der Waals surface area contributed by atoms with Gasteiger partial charge >= 0.3 is 0 Å². The highest BCUT2D eigenvalue weighted by Crippen LogP contribution is 2.26. The highest BCUT2D eigenvalue weighted by atomic mass is 16.5. The quantitative estimate of drug-likeness (QED) is 0.525. The highest BCUT2D eigenvalue weighted by Gasteiger charge is 2.20. The molecule has 1 saturated heterocycles. The van der Waals surface area contributed by atoms with Crippen molar-refractivity contribution in [2.24, 2.45) is 0 Å². The maximum Gasteiger partial charge on any atom is 0.251 e. The third-order valence-corrected chi connectivity index (χ3v) is 5.73. The summed E-state index contributed by atoms with van der Waals surface area (Å²) in [6, 6.07) is 29.3. The van der Waals surface area contributed by atoms with Crippen LogP contribution in [-0.2, 0) is 0 Å². The van der Waals surface area contributed by atoms with Gasteiger partial charge in [0.2, 0.25) is 0 Å². The SMILES string of the molecule is O=C(NCCCN1CCC(c2c#cccc2)CC1)c1ccc(Oc2ccccc2)cc1. The van der Waals surface area contributed by atoms with Crippen molar-refractivity contribution in [3.8, 4) is 11.5 Å². The monoisotopic (exact) mass is 412 g/mol. The molecule has 0 spiro atoms. The molecule has 1 N–H and O–H groups in total. The van der Waals surface area contributed by atoms with Crippen molar-refractivity contribution in [3.63, 3.8) is 0 Å². The summed E-state index contributed by atoms with van der Waals surface area (Å²) in [6.07, 6.45) is 3.28. The molecule has 31 heavy (non-hydrogen) atoms. The lowest BCUT2D eigenvalue weighted by molar-refractivity contribution is 0.0951. The van der Waals surface area contributed by atoms with Crippen LogP contribution in [0.1, 0.15) is 41.1 Å². The number of ether oxygens (including phenoxy) is 1. The van der Waals surface area contributed by atoms with Gasteiger partial charge in [0.15, 0.2) is 0 Å². The number of amides is 1. The van der Waals surface area contributed by atoms with Crippen LogP contribution >= 0.6 is 0 Å². The molecule has 1 aliphatic heterocycles. The Bertz CT molecular complexity index is 934. The molecule has 1 aliphatic rings. The molecule has 0 aliphatic carbocycles. The van der Waals surface area contributed by atoms with E-state index in [0.717, 1.165) is 50.4 Å². The van der Waals surface area contributed by atoms with E-state index in [4.69, 9.17) is 4.74 Å².